The maximum atomic E-state index is 15.0. The maximum absolute atomic E-state index is 15.0. The molecular weight excluding hydrogens is 377 g/mol. The number of aromatic nitrogens is 1. The number of nitrogens with zero attached hydrogens (tertiary/aromatic N) is 3. The van der Waals surface area contributed by atoms with Gasteiger partial charge in [-0.25, -0.2) is 9.18 Å². The Hall–Kier alpha value is -2.74. The number of piperazine rings is 1. The third-order valence-electron chi connectivity index (χ3n) is 5.80. The van der Waals surface area contributed by atoms with Gasteiger partial charge < -0.3 is 14.6 Å². The number of ketones is 1. The highest BCUT2D eigenvalue weighted by Gasteiger charge is 2.30. The fraction of sp³-hybridized carbons (Fsp3) is 0.476. The SMILES string of the molecule is CC(=O)CN1CCN(c2cc3c(cc2F)c(=O)c(C(=O)O)cn3C2CC2)CC1C. The van der Waals surface area contributed by atoms with Gasteiger partial charge in [-0.2, -0.15) is 0 Å². The Morgan fingerprint density at radius 1 is 1.24 bits per heavy atom. The Balaban J connectivity index is 1.75. The molecule has 154 valence electrons. The smallest absolute Gasteiger partial charge is 0.341 e. The van der Waals surface area contributed by atoms with Crippen LogP contribution in [0.25, 0.3) is 10.9 Å². The monoisotopic (exact) mass is 401 g/mol. The van der Waals surface area contributed by atoms with Gasteiger partial charge in [-0.1, -0.05) is 0 Å². The lowest BCUT2D eigenvalue weighted by molar-refractivity contribution is -0.118. The summed E-state index contributed by atoms with van der Waals surface area (Å²) in [5.41, 5.74) is -0.0149. The first-order chi connectivity index (χ1) is 13.8. The molecule has 1 aliphatic carbocycles. The van der Waals surface area contributed by atoms with E-state index in [9.17, 15) is 23.9 Å². The molecule has 2 fully saturated rings. The van der Waals surface area contributed by atoms with Crippen molar-refractivity contribution in [2.24, 2.45) is 0 Å². The molecule has 1 atom stereocenters. The number of carbonyl (C=O) groups excluding carboxylic acids is 1. The standard InChI is InChI=1S/C21H24FN3O4/c1-12-9-24(6-5-23(12)10-13(2)26)19-8-18-15(7-17(19)22)20(27)16(21(28)29)11-25(18)14-3-4-14/h7-8,11-12,14H,3-6,9-10H2,1-2H3,(H,28,29). The number of carbonyl (C=O) groups is 2. The molecule has 2 aliphatic rings. The predicted octanol–water partition coefficient (Wildman–Crippen LogP) is 2.27. The average Bonchev–Trinajstić information content (AvgIpc) is 3.48. The molecule has 2 aromatic rings. The molecule has 1 aromatic heterocycles. The maximum Gasteiger partial charge on any atom is 0.341 e. The second-order valence-electron chi connectivity index (χ2n) is 8.10. The van der Waals surface area contributed by atoms with Gasteiger partial charge in [0.25, 0.3) is 0 Å². The Labute approximate surface area is 167 Å². The summed E-state index contributed by atoms with van der Waals surface area (Å²) in [5, 5.41) is 9.45. The minimum absolute atomic E-state index is 0.0859. The topological polar surface area (TPSA) is 82.8 Å². The molecule has 0 amide bonds. The fourth-order valence-corrected chi connectivity index (χ4v) is 4.14. The van der Waals surface area contributed by atoms with Crippen molar-refractivity contribution in [3.8, 4) is 0 Å². The van der Waals surface area contributed by atoms with Crippen molar-refractivity contribution < 1.29 is 19.1 Å². The zero-order valence-corrected chi connectivity index (χ0v) is 16.5. The number of pyridine rings is 1. The minimum atomic E-state index is -1.30. The number of hydrogen-bond donors (Lipinski definition) is 1. The van der Waals surface area contributed by atoms with Crippen molar-refractivity contribution in [1.29, 1.82) is 0 Å². The lowest BCUT2D eigenvalue weighted by Gasteiger charge is -2.40. The van der Waals surface area contributed by atoms with Crippen LogP contribution in [0.15, 0.2) is 23.1 Å². The number of halogens is 1. The summed E-state index contributed by atoms with van der Waals surface area (Å²) in [7, 11) is 0. The predicted molar refractivity (Wildman–Crippen MR) is 107 cm³/mol. The summed E-state index contributed by atoms with van der Waals surface area (Å²) >= 11 is 0. The number of fused-ring (bicyclic) bond motifs is 1. The molecule has 2 heterocycles. The van der Waals surface area contributed by atoms with Crippen molar-refractivity contribution in [1.82, 2.24) is 9.47 Å². The second-order valence-corrected chi connectivity index (χ2v) is 8.10. The van der Waals surface area contributed by atoms with Crippen molar-refractivity contribution in [3.63, 3.8) is 0 Å². The van der Waals surface area contributed by atoms with E-state index in [1.807, 2.05) is 11.8 Å². The number of aromatic carboxylic acids is 1. The molecule has 1 saturated carbocycles. The van der Waals surface area contributed by atoms with Crippen LogP contribution in [0, 0.1) is 5.82 Å². The summed E-state index contributed by atoms with van der Waals surface area (Å²) in [4.78, 5) is 39.5. The first-order valence-corrected chi connectivity index (χ1v) is 9.86. The highest BCUT2D eigenvalue weighted by atomic mass is 19.1. The Kier molecular flexibility index (Phi) is 4.90. The van der Waals surface area contributed by atoms with Crippen LogP contribution < -0.4 is 10.3 Å². The molecule has 8 heteroatoms. The lowest BCUT2D eigenvalue weighted by atomic mass is 10.1. The van der Waals surface area contributed by atoms with E-state index in [2.05, 4.69) is 4.90 Å². The second kappa shape index (κ2) is 7.26. The highest BCUT2D eigenvalue weighted by molar-refractivity contribution is 5.93. The van der Waals surface area contributed by atoms with Gasteiger partial charge in [-0.15, -0.1) is 0 Å². The van der Waals surface area contributed by atoms with E-state index in [0.717, 1.165) is 12.8 Å². The van der Waals surface area contributed by atoms with Crippen LogP contribution in [0.3, 0.4) is 0 Å². The number of benzene rings is 1. The largest absolute Gasteiger partial charge is 0.477 e. The van der Waals surface area contributed by atoms with E-state index in [1.165, 1.54) is 12.3 Å². The van der Waals surface area contributed by atoms with Gasteiger partial charge in [0.05, 0.1) is 17.7 Å². The van der Waals surface area contributed by atoms with Gasteiger partial charge in [-0.05, 0) is 38.8 Å². The molecule has 1 N–H and O–H groups in total. The number of carboxylic acid groups (broad SMARTS) is 1. The molecule has 1 aliphatic heterocycles. The highest BCUT2D eigenvalue weighted by Crippen LogP contribution is 2.38. The first kappa shape index (κ1) is 19.6. The van der Waals surface area contributed by atoms with Crippen LogP contribution in [-0.4, -0.2) is 58.5 Å². The summed E-state index contributed by atoms with van der Waals surface area (Å²) in [6, 6.07) is 3.07. The molecular formula is C21H24FN3O4. The summed E-state index contributed by atoms with van der Waals surface area (Å²) in [5.74, 6) is -1.73. The Bertz CT molecular complexity index is 1060. The molecule has 1 aromatic carbocycles. The zero-order valence-electron chi connectivity index (χ0n) is 16.5. The molecule has 7 nitrogen and oxygen atoms in total. The van der Waals surface area contributed by atoms with Gasteiger partial charge in [0, 0.05) is 43.3 Å². The molecule has 29 heavy (non-hydrogen) atoms. The van der Waals surface area contributed by atoms with Crippen molar-refractivity contribution in [2.45, 2.75) is 38.8 Å². The third-order valence-corrected chi connectivity index (χ3v) is 5.80. The van der Waals surface area contributed by atoms with E-state index in [1.54, 1.807) is 17.6 Å². The van der Waals surface area contributed by atoms with Crippen LogP contribution in [0.5, 0.6) is 0 Å². The van der Waals surface area contributed by atoms with E-state index < -0.39 is 17.2 Å². The molecule has 0 bridgehead atoms. The van der Waals surface area contributed by atoms with E-state index in [4.69, 9.17) is 0 Å². The van der Waals surface area contributed by atoms with Crippen LogP contribution in [0.4, 0.5) is 10.1 Å². The van der Waals surface area contributed by atoms with Gasteiger partial charge in [0.2, 0.25) is 5.43 Å². The minimum Gasteiger partial charge on any atom is -0.477 e. The molecule has 0 spiro atoms. The summed E-state index contributed by atoms with van der Waals surface area (Å²) < 4.78 is 16.8. The normalized spacial score (nSPS) is 20.2. The van der Waals surface area contributed by atoms with Crippen molar-refractivity contribution in [2.75, 3.05) is 31.1 Å². The number of anilines is 1. The third kappa shape index (κ3) is 3.64. The first-order valence-electron chi connectivity index (χ1n) is 9.86. The molecule has 1 unspecified atom stereocenters. The van der Waals surface area contributed by atoms with Crippen LogP contribution in [-0.2, 0) is 4.79 Å². The molecule has 0 radical (unpaired) electrons. The van der Waals surface area contributed by atoms with Crippen molar-refractivity contribution in [3.05, 3.63) is 39.9 Å². The number of Topliss-reactive ketones (excluding diaryl/α,β-unsaturated/α-hetero) is 1. The zero-order chi connectivity index (χ0) is 20.9. The van der Waals surface area contributed by atoms with Crippen LogP contribution in [0.2, 0.25) is 0 Å². The van der Waals surface area contributed by atoms with Gasteiger partial charge in [0.1, 0.15) is 17.2 Å². The van der Waals surface area contributed by atoms with Gasteiger partial charge >= 0.3 is 5.97 Å². The molecule has 4 rings (SSSR count). The van der Waals surface area contributed by atoms with Gasteiger partial charge in [0.15, 0.2) is 0 Å². The van der Waals surface area contributed by atoms with Crippen LogP contribution >= 0.6 is 0 Å². The average molecular weight is 401 g/mol. The number of carboxylic acids is 1. The number of hydrogen-bond acceptors (Lipinski definition) is 5. The lowest BCUT2D eigenvalue weighted by Crippen LogP contribution is -2.53. The van der Waals surface area contributed by atoms with E-state index in [0.29, 0.717) is 37.4 Å². The number of rotatable bonds is 5. The summed E-state index contributed by atoms with van der Waals surface area (Å²) in [6.07, 6.45) is 3.20. The van der Waals surface area contributed by atoms with E-state index >= 15 is 0 Å². The van der Waals surface area contributed by atoms with Crippen LogP contribution in [0.1, 0.15) is 43.1 Å². The Morgan fingerprint density at radius 2 is 1.97 bits per heavy atom. The summed E-state index contributed by atoms with van der Waals surface area (Å²) in [6.45, 7) is 5.73. The fourth-order valence-electron chi connectivity index (χ4n) is 4.14. The van der Waals surface area contributed by atoms with Gasteiger partial charge in [-0.3, -0.25) is 14.5 Å². The quantitative estimate of drug-likeness (QED) is 0.828. The van der Waals surface area contributed by atoms with E-state index in [-0.39, 0.29) is 28.8 Å². The molecule has 1 saturated heterocycles. The Morgan fingerprint density at radius 3 is 2.55 bits per heavy atom. The van der Waals surface area contributed by atoms with Crippen molar-refractivity contribution >= 4 is 28.3 Å².